The number of aryl methyl sites for hydroxylation is 3. The molecule has 128 valence electrons. The van der Waals surface area contributed by atoms with E-state index in [9.17, 15) is 13.2 Å². The van der Waals surface area contributed by atoms with Gasteiger partial charge in [-0.3, -0.25) is 14.0 Å². The molecule has 0 fully saturated rings. The zero-order chi connectivity index (χ0) is 17.6. The molecule has 0 aliphatic rings. The van der Waals surface area contributed by atoms with Gasteiger partial charge in [-0.2, -0.15) is 5.10 Å². The largest absolute Gasteiger partial charge is 0.419 e. The molecule has 3 rings (SSSR count). The van der Waals surface area contributed by atoms with E-state index in [0.717, 1.165) is 0 Å². The number of hydrogen-bond donors (Lipinski definition) is 1. The molecule has 0 amide bonds. The van der Waals surface area contributed by atoms with Crippen LogP contribution in [0.1, 0.15) is 18.3 Å². The van der Waals surface area contributed by atoms with Crippen molar-refractivity contribution in [3.63, 3.8) is 0 Å². The zero-order valence-electron chi connectivity index (χ0n) is 13.8. The number of benzene rings is 1. The highest BCUT2D eigenvalue weighted by Gasteiger charge is 2.21. The standard InChI is InChI=1S/C15H18N4O4S/c1-5-19-12-7-6-11(8-13(12)23-15(19)20)24(21,22)17-14-9(2)16-18(4)10(14)3/h6-8,17H,5H2,1-4H3. The summed E-state index contributed by atoms with van der Waals surface area (Å²) in [7, 11) is -2.08. The molecular formula is C15H18N4O4S. The molecule has 8 nitrogen and oxygen atoms in total. The summed E-state index contributed by atoms with van der Waals surface area (Å²) in [4.78, 5) is 11.8. The minimum absolute atomic E-state index is 0.0228. The molecular weight excluding hydrogens is 332 g/mol. The number of hydrogen-bond acceptors (Lipinski definition) is 5. The molecule has 1 N–H and O–H groups in total. The van der Waals surface area contributed by atoms with E-state index >= 15 is 0 Å². The van der Waals surface area contributed by atoms with Gasteiger partial charge < -0.3 is 4.42 Å². The van der Waals surface area contributed by atoms with Gasteiger partial charge in [0.2, 0.25) is 0 Å². The van der Waals surface area contributed by atoms with Crippen molar-refractivity contribution in [2.75, 3.05) is 4.72 Å². The molecule has 2 aromatic heterocycles. The van der Waals surface area contributed by atoms with E-state index in [0.29, 0.717) is 29.1 Å². The Morgan fingerprint density at radius 3 is 2.58 bits per heavy atom. The fourth-order valence-electron chi connectivity index (χ4n) is 2.63. The first-order valence-electron chi connectivity index (χ1n) is 7.41. The maximum Gasteiger partial charge on any atom is 0.419 e. The predicted molar refractivity (Wildman–Crippen MR) is 89.6 cm³/mol. The summed E-state index contributed by atoms with van der Waals surface area (Å²) in [5, 5.41) is 4.19. The van der Waals surface area contributed by atoms with Gasteiger partial charge in [-0.15, -0.1) is 0 Å². The summed E-state index contributed by atoms with van der Waals surface area (Å²) in [5.41, 5.74) is 2.55. The Morgan fingerprint density at radius 2 is 2.00 bits per heavy atom. The third kappa shape index (κ3) is 2.50. The van der Waals surface area contributed by atoms with Gasteiger partial charge in [-0.1, -0.05) is 0 Å². The molecule has 0 atom stereocenters. The summed E-state index contributed by atoms with van der Waals surface area (Å²) in [6, 6.07) is 4.38. The van der Waals surface area contributed by atoms with E-state index < -0.39 is 15.8 Å². The molecule has 24 heavy (non-hydrogen) atoms. The van der Waals surface area contributed by atoms with Crippen LogP contribution in [0, 0.1) is 13.8 Å². The van der Waals surface area contributed by atoms with E-state index in [1.165, 1.54) is 16.7 Å². The second-order valence-corrected chi connectivity index (χ2v) is 7.20. The maximum atomic E-state index is 12.6. The van der Waals surface area contributed by atoms with Crippen molar-refractivity contribution < 1.29 is 12.8 Å². The van der Waals surface area contributed by atoms with Crippen LogP contribution in [-0.2, 0) is 23.6 Å². The smallest absolute Gasteiger partial charge is 0.408 e. The van der Waals surface area contributed by atoms with Crippen LogP contribution >= 0.6 is 0 Å². The van der Waals surface area contributed by atoms with Crippen molar-refractivity contribution in [1.29, 1.82) is 0 Å². The van der Waals surface area contributed by atoms with Crippen LogP contribution in [0.3, 0.4) is 0 Å². The van der Waals surface area contributed by atoms with Crippen molar-refractivity contribution >= 4 is 26.8 Å². The van der Waals surface area contributed by atoms with Crippen LogP contribution in [0.2, 0.25) is 0 Å². The highest BCUT2D eigenvalue weighted by Crippen LogP contribution is 2.24. The van der Waals surface area contributed by atoms with E-state index in [4.69, 9.17) is 4.42 Å². The fraction of sp³-hybridized carbons (Fsp3) is 0.333. The fourth-order valence-corrected chi connectivity index (χ4v) is 3.82. The lowest BCUT2D eigenvalue weighted by atomic mass is 10.3. The van der Waals surface area contributed by atoms with Crippen LogP contribution < -0.4 is 10.5 Å². The maximum absolute atomic E-state index is 12.6. The van der Waals surface area contributed by atoms with Gasteiger partial charge >= 0.3 is 5.76 Å². The van der Waals surface area contributed by atoms with Crippen LogP contribution in [0.15, 0.2) is 32.3 Å². The number of aromatic nitrogens is 3. The number of fused-ring (bicyclic) bond motifs is 1. The van der Waals surface area contributed by atoms with Crippen molar-refractivity contribution in [1.82, 2.24) is 14.3 Å². The quantitative estimate of drug-likeness (QED) is 0.773. The van der Waals surface area contributed by atoms with Crippen molar-refractivity contribution in [3.05, 3.63) is 40.1 Å². The highest BCUT2D eigenvalue weighted by atomic mass is 32.2. The second-order valence-electron chi connectivity index (χ2n) is 5.52. The van der Waals surface area contributed by atoms with Crippen LogP contribution in [-0.4, -0.2) is 22.8 Å². The zero-order valence-corrected chi connectivity index (χ0v) is 14.6. The average molecular weight is 350 g/mol. The van der Waals surface area contributed by atoms with Gasteiger partial charge in [0.25, 0.3) is 10.0 Å². The van der Waals surface area contributed by atoms with Crippen LogP contribution in [0.5, 0.6) is 0 Å². The Hall–Kier alpha value is -2.55. The van der Waals surface area contributed by atoms with E-state index in [1.807, 2.05) is 6.92 Å². The molecule has 0 aliphatic carbocycles. The number of rotatable bonds is 4. The summed E-state index contributed by atoms with van der Waals surface area (Å²) in [5.74, 6) is -0.506. The number of oxazole rings is 1. The molecule has 0 spiro atoms. The van der Waals surface area contributed by atoms with Gasteiger partial charge in [-0.05, 0) is 32.9 Å². The Morgan fingerprint density at radius 1 is 1.29 bits per heavy atom. The number of nitrogens with zero attached hydrogens (tertiary/aromatic N) is 3. The monoisotopic (exact) mass is 350 g/mol. The first-order chi connectivity index (χ1) is 11.2. The molecule has 9 heteroatoms. The lowest BCUT2D eigenvalue weighted by Gasteiger charge is -2.08. The third-order valence-electron chi connectivity index (χ3n) is 4.01. The second kappa shape index (κ2) is 5.52. The van der Waals surface area contributed by atoms with Gasteiger partial charge in [0.05, 0.1) is 27.5 Å². The lowest BCUT2D eigenvalue weighted by molar-refractivity contribution is 0.512. The summed E-state index contributed by atoms with van der Waals surface area (Å²) >= 11 is 0. The Labute approximate surface area is 138 Å². The third-order valence-corrected chi connectivity index (χ3v) is 5.36. The molecule has 0 saturated heterocycles. The van der Waals surface area contributed by atoms with Gasteiger partial charge in [0.1, 0.15) is 0 Å². The lowest BCUT2D eigenvalue weighted by Crippen LogP contribution is -2.14. The van der Waals surface area contributed by atoms with Gasteiger partial charge in [0, 0.05) is 19.7 Å². The Kier molecular flexibility index (Phi) is 3.75. The number of sulfonamides is 1. The Bertz CT molecular complexity index is 1090. The SMILES string of the molecule is CCn1c(=O)oc2cc(S(=O)(=O)Nc3c(C)nn(C)c3C)ccc21. The first-order valence-corrected chi connectivity index (χ1v) is 8.89. The minimum Gasteiger partial charge on any atom is -0.408 e. The van der Waals surface area contributed by atoms with E-state index in [-0.39, 0.29) is 10.5 Å². The van der Waals surface area contributed by atoms with E-state index in [2.05, 4.69) is 9.82 Å². The van der Waals surface area contributed by atoms with Crippen LogP contribution in [0.4, 0.5) is 5.69 Å². The van der Waals surface area contributed by atoms with Crippen molar-refractivity contribution in [3.8, 4) is 0 Å². The summed E-state index contributed by atoms with van der Waals surface area (Å²) in [6.45, 7) is 5.77. The van der Waals surface area contributed by atoms with Crippen molar-refractivity contribution in [2.24, 2.45) is 7.05 Å². The molecule has 1 aromatic carbocycles. The van der Waals surface area contributed by atoms with Gasteiger partial charge in [-0.25, -0.2) is 13.2 Å². The predicted octanol–water partition coefficient (Wildman–Crippen LogP) is 1.77. The summed E-state index contributed by atoms with van der Waals surface area (Å²) in [6.07, 6.45) is 0. The van der Waals surface area contributed by atoms with Gasteiger partial charge in [0.15, 0.2) is 5.58 Å². The highest BCUT2D eigenvalue weighted by molar-refractivity contribution is 7.92. The van der Waals surface area contributed by atoms with E-state index in [1.54, 1.807) is 31.6 Å². The number of anilines is 1. The molecule has 0 radical (unpaired) electrons. The molecule has 3 aromatic rings. The molecule has 0 aliphatic heterocycles. The average Bonchev–Trinajstić information content (AvgIpc) is 2.96. The van der Waals surface area contributed by atoms with Crippen molar-refractivity contribution in [2.45, 2.75) is 32.2 Å². The van der Waals surface area contributed by atoms with Crippen LogP contribution in [0.25, 0.3) is 11.1 Å². The minimum atomic E-state index is -3.82. The molecule has 0 bridgehead atoms. The molecule has 2 heterocycles. The Balaban J connectivity index is 2.07. The topological polar surface area (TPSA) is 99.1 Å². The first kappa shape index (κ1) is 16.3. The number of nitrogens with one attached hydrogen (secondary N) is 1. The normalized spacial score (nSPS) is 12.0. The molecule has 0 saturated carbocycles. The molecule has 0 unspecified atom stereocenters. The summed E-state index contributed by atoms with van der Waals surface area (Å²) < 4.78 is 36.0.